The molecule has 0 saturated carbocycles. The summed E-state index contributed by atoms with van der Waals surface area (Å²) >= 11 is 0. The fourth-order valence-corrected chi connectivity index (χ4v) is 5.55. The van der Waals surface area contributed by atoms with Crippen LogP contribution in [-0.4, -0.2) is 32.7 Å². The molecule has 0 spiro atoms. The first kappa shape index (κ1) is 16.0. The van der Waals surface area contributed by atoms with Crippen LogP contribution in [0.1, 0.15) is 12.5 Å². The summed E-state index contributed by atoms with van der Waals surface area (Å²) in [6, 6.07) is 10.3. The van der Waals surface area contributed by atoms with Crippen molar-refractivity contribution in [2.24, 2.45) is 0 Å². The Hall–Kier alpha value is -1.39. The van der Waals surface area contributed by atoms with Gasteiger partial charge in [0.05, 0.1) is 15.2 Å². The van der Waals surface area contributed by atoms with Crippen LogP contribution in [0.25, 0.3) is 0 Å². The number of nitrogens with one attached hydrogen (secondary N) is 1. The van der Waals surface area contributed by atoms with Crippen molar-refractivity contribution in [3.8, 4) is 0 Å². The summed E-state index contributed by atoms with van der Waals surface area (Å²) in [4.78, 5) is 12.6. The van der Waals surface area contributed by atoms with Crippen molar-refractivity contribution < 1.29 is 9.53 Å². The van der Waals surface area contributed by atoms with Crippen LogP contribution in [0.2, 0.25) is 19.6 Å². The molecule has 0 saturated heterocycles. The number of hydrogen-bond donors (Lipinski definition) is 1. The predicted molar refractivity (Wildman–Crippen MR) is 88.9 cm³/mol. The molecule has 0 unspecified atom stereocenters. The molecule has 4 heteroatoms. The topological polar surface area (TPSA) is 38.3 Å². The highest BCUT2D eigenvalue weighted by atomic mass is 28.3. The Kier molecular flexibility index (Phi) is 4.40. The van der Waals surface area contributed by atoms with Gasteiger partial charge in [0.25, 0.3) is 0 Å². The van der Waals surface area contributed by atoms with E-state index in [0.717, 1.165) is 5.56 Å². The minimum absolute atomic E-state index is 0.177. The molecular weight excluding hydrogens is 278 g/mol. The van der Waals surface area contributed by atoms with Gasteiger partial charge in [-0.25, -0.2) is 4.79 Å². The molecule has 1 aliphatic rings. The van der Waals surface area contributed by atoms with Gasteiger partial charge < -0.3 is 4.74 Å². The quantitative estimate of drug-likeness (QED) is 0.686. The summed E-state index contributed by atoms with van der Waals surface area (Å²) < 4.78 is 5.16. The number of rotatable bonds is 4. The van der Waals surface area contributed by atoms with Crippen LogP contribution in [0.3, 0.4) is 0 Å². The van der Waals surface area contributed by atoms with E-state index in [0.29, 0.717) is 6.42 Å². The van der Waals surface area contributed by atoms with Crippen LogP contribution < -0.4 is 5.32 Å². The molecule has 2 atom stereocenters. The number of carbonyl (C=O) groups is 1. The van der Waals surface area contributed by atoms with Gasteiger partial charge in [0.15, 0.2) is 0 Å². The molecule has 0 aromatic heterocycles. The highest BCUT2D eigenvalue weighted by molar-refractivity contribution is 6.84. The third-order valence-corrected chi connectivity index (χ3v) is 6.21. The summed E-state index contributed by atoms with van der Waals surface area (Å²) in [5, 5.41) is 4.74. The number of carbonyl (C=O) groups excluding carboxylic acids is 1. The Morgan fingerprint density at radius 1 is 1.29 bits per heavy atom. The van der Waals surface area contributed by atoms with Gasteiger partial charge >= 0.3 is 5.97 Å². The van der Waals surface area contributed by atoms with Crippen LogP contribution in [0.4, 0.5) is 0 Å². The van der Waals surface area contributed by atoms with Gasteiger partial charge in [-0.2, -0.15) is 0 Å². The van der Waals surface area contributed by atoms with Crippen molar-refractivity contribution in [3.63, 3.8) is 0 Å². The average Bonchev–Trinajstić information content (AvgIpc) is 2.77. The minimum Gasteiger partial charge on any atom is -0.467 e. The third-order valence-electron chi connectivity index (χ3n) is 4.00. The molecule has 21 heavy (non-hydrogen) atoms. The Balaban J connectivity index is 2.48. The Labute approximate surface area is 128 Å². The normalized spacial score (nSPS) is 25.6. The van der Waals surface area contributed by atoms with E-state index >= 15 is 0 Å². The van der Waals surface area contributed by atoms with Crippen molar-refractivity contribution in [2.45, 2.75) is 44.6 Å². The van der Waals surface area contributed by atoms with Gasteiger partial charge in [-0.1, -0.05) is 61.2 Å². The zero-order valence-electron chi connectivity index (χ0n) is 13.6. The molecule has 0 fully saturated rings. The largest absolute Gasteiger partial charge is 0.467 e. The lowest BCUT2D eigenvalue weighted by Crippen LogP contribution is -2.58. The first-order valence-corrected chi connectivity index (χ1v) is 10.9. The SMILES string of the molecule is COC(=O)[C@]1(Cc2ccccc2)N[C@H](C)C=C1[Si](C)(C)C. The fraction of sp³-hybridized carbons (Fsp3) is 0.471. The summed E-state index contributed by atoms with van der Waals surface area (Å²) in [5.74, 6) is -0.177. The van der Waals surface area contributed by atoms with E-state index in [1.807, 2.05) is 18.2 Å². The summed E-state index contributed by atoms with van der Waals surface area (Å²) in [6.07, 6.45) is 2.87. The van der Waals surface area contributed by atoms with Crippen molar-refractivity contribution in [3.05, 3.63) is 47.2 Å². The average molecular weight is 303 g/mol. The van der Waals surface area contributed by atoms with E-state index in [-0.39, 0.29) is 12.0 Å². The summed E-state index contributed by atoms with van der Waals surface area (Å²) in [5.41, 5.74) is 0.439. The zero-order chi connectivity index (χ0) is 15.7. The van der Waals surface area contributed by atoms with Crippen LogP contribution in [-0.2, 0) is 16.0 Å². The van der Waals surface area contributed by atoms with Crippen molar-refractivity contribution in [1.29, 1.82) is 0 Å². The van der Waals surface area contributed by atoms with Crippen LogP contribution >= 0.6 is 0 Å². The number of methoxy groups -OCH3 is 1. The molecule has 1 aromatic carbocycles. The van der Waals surface area contributed by atoms with E-state index in [4.69, 9.17) is 4.74 Å². The second-order valence-corrected chi connectivity index (χ2v) is 11.9. The van der Waals surface area contributed by atoms with Gasteiger partial charge in [-0.05, 0) is 12.5 Å². The molecule has 1 aromatic rings. The van der Waals surface area contributed by atoms with Gasteiger partial charge in [-0.3, -0.25) is 5.32 Å². The van der Waals surface area contributed by atoms with E-state index in [9.17, 15) is 4.79 Å². The molecule has 2 rings (SSSR count). The lowest BCUT2D eigenvalue weighted by molar-refractivity contribution is -0.146. The lowest BCUT2D eigenvalue weighted by atomic mass is 9.91. The molecule has 0 amide bonds. The number of esters is 1. The van der Waals surface area contributed by atoms with Crippen LogP contribution in [0.15, 0.2) is 41.6 Å². The van der Waals surface area contributed by atoms with Gasteiger partial charge in [0.1, 0.15) is 5.54 Å². The van der Waals surface area contributed by atoms with Crippen molar-refractivity contribution in [1.82, 2.24) is 5.32 Å². The summed E-state index contributed by atoms with van der Waals surface area (Å²) in [7, 11) is -0.163. The Morgan fingerprint density at radius 2 is 1.90 bits per heavy atom. The van der Waals surface area contributed by atoms with E-state index in [1.54, 1.807) is 0 Å². The molecule has 0 bridgehead atoms. The molecule has 0 aliphatic carbocycles. The van der Waals surface area contributed by atoms with Crippen LogP contribution in [0.5, 0.6) is 0 Å². The van der Waals surface area contributed by atoms with Crippen molar-refractivity contribution >= 4 is 14.0 Å². The van der Waals surface area contributed by atoms with Gasteiger partial charge in [0.2, 0.25) is 0 Å². The molecular formula is C17H25NO2Si. The zero-order valence-corrected chi connectivity index (χ0v) is 14.6. The first-order valence-electron chi connectivity index (χ1n) is 7.42. The maximum absolute atomic E-state index is 12.6. The maximum atomic E-state index is 12.6. The molecule has 1 aliphatic heterocycles. The molecule has 1 heterocycles. The van der Waals surface area contributed by atoms with Crippen LogP contribution in [0, 0.1) is 0 Å². The molecule has 1 N–H and O–H groups in total. The maximum Gasteiger partial charge on any atom is 0.330 e. The van der Waals surface area contributed by atoms with E-state index in [1.165, 1.54) is 12.3 Å². The summed E-state index contributed by atoms with van der Waals surface area (Å²) in [6.45, 7) is 8.93. The Morgan fingerprint density at radius 3 is 2.43 bits per heavy atom. The second-order valence-electron chi connectivity index (χ2n) is 6.82. The molecule has 114 valence electrons. The monoisotopic (exact) mass is 303 g/mol. The van der Waals surface area contributed by atoms with Gasteiger partial charge in [0, 0.05) is 12.5 Å². The fourth-order valence-electron chi connectivity index (χ4n) is 3.25. The molecule has 0 radical (unpaired) electrons. The molecule has 3 nitrogen and oxygen atoms in total. The predicted octanol–water partition coefficient (Wildman–Crippen LogP) is 2.94. The minimum atomic E-state index is -1.64. The lowest BCUT2D eigenvalue weighted by Gasteiger charge is -2.36. The van der Waals surface area contributed by atoms with Gasteiger partial charge in [-0.15, -0.1) is 0 Å². The third kappa shape index (κ3) is 3.11. The first-order chi connectivity index (χ1) is 9.79. The second kappa shape index (κ2) is 5.77. The number of ether oxygens (including phenoxy) is 1. The standard InChI is InChI=1S/C17H25NO2Si/c1-13-11-15(21(3,4)5)17(18-13,16(19)20-2)12-14-9-7-6-8-10-14/h6-11,13,18H,12H2,1-5H3/t13-,17-/m1/s1. The highest BCUT2D eigenvalue weighted by Gasteiger charge is 2.51. The smallest absolute Gasteiger partial charge is 0.330 e. The number of benzene rings is 1. The van der Waals surface area contributed by atoms with Crippen molar-refractivity contribution in [2.75, 3.05) is 7.11 Å². The number of hydrogen-bond acceptors (Lipinski definition) is 3. The Bertz CT molecular complexity index is 548. The van der Waals surface area contributed by atoms with E-state index in [2.05, 4.69) is 50.1 Å². The highest BCUT2D eigenvalue weighted by Crippen LogP contribution is 2.36. The van der Waals surface area contributed by atoms with E-state index < -0.39 is 13.6 Å².